The van der Waals surface area contributed by atoms with Gasteiger partial charge >= 0.3 is 0 Å². The lowest BCUT2D eigenvalue weighted by molar-refractivity contribution is 0.305. The highest BCUT2D eigenvalue weighted by molar-refractivity contribution is 6.42. The van der Waals surface area contributed by atoms with Crippen molar-refractivity contribution in [1.82, 2.24) is 24.9 Å². The number of hydrogen-bond donors (Lipinski definition) is 1. The van der Waals surface area contributed by atoms with Crippen molar-refractivity contribution in [2.75, 3.05) is 34.2 Å². The molecule has 1 N–H and O–H groups in total. The minimum Gasteiger partial charge on any atom is -0.357 e. The summed E-state index contributed by atoms with van der Waals surface area (Å²) < 4.78 is 1.82. The molecule has 0 saturated heterocycles. The minimum absolute atomic E-state index is 0.158. The lowest BCUT2D eigenvalue weighted by Crippen LogP contribution is -2.39. The number of guanidine groups is 1. The van der Waals surface area contributed by atoms with Gasteiger partial charge in [-0.3, -0.25) is 9.67 Å². The summed E-state index contributed by atoms with van der Waals surface area (Å²) in [4.78, 5) is 9.09. The van der Waals surface area contributed by atoms with Crippen LogP contribution in [0.4, 0.5) is 0 Å². The fraction of sp³-hybridized carbons (Fsp3) is 0.474. The molecule has 2 rings (SSSR count). The van der Waals surface area contributed by atoms with Gasteiger partial charge in [-0.05, 0) is 38.7 Å². The van der Waals surface area contributed by atoms with Gasteiger partial charge < -0.3 is 15.1 Å². The van der Waals surface area contributed by atoms with Crippen LogP contribution in [0.3, 0.4) is 0 Å². The molecular weight excluding hydrogens is 383 g/mol. The molecule has 0 fully saturated rings. The van der Waals surface area contributed by atoms with Crippen molar-refractivity contribution in [2.45, 2.75) is 19.5 Å². The fourth-order valence-corrected chi connectivity index (χ4v) is 3.13. The second-order valence-corrected chi connectivity index (χ2v) is 7.54. The largest absolute Gasteiger partial charge is 0.357 e. The summed E-state index contributed by atoms with van der Waals surface area (Å²) in [5.41, 5.74) is 2.23. The molecule has 1 aromatic carbocycles. The number of hydrogen-bond acceptors (Lipinski definition) is 3. The van der Waals surface area contributed by atoms with Gasteiger partial charge in [0, 0.05) is 38.9 Å². The van der Waals surface area contributed by atoms with Gasteiger partial charge in [0.1, 0.15) is 0 Å². The molecule has 6 nitrogen and oxygen atoms in total. The monoisotopic (exact) mass is 410 g/mol. The van der Waals surface area contributed by atoms with Crippen molar-refractivity contribution in [3.05, 3.63) is 51.8 Å². The van der Waals surface area contributed by atoms with Gasteiger partial charge in [0.2, 0.25) is 0 Å². The fourth-order valence-electron chi connectivity index (χ4n) is 2.81. The van der Waals surface area contributed by atoms with Crippen molar-refractivity contribution in [3.8, 4) is 0 Å². The Balaban J connectivity index is 2.14. The molecule has 0 aliphatic heterocycles. The molecule has 0 bridgehead atoms. The molecule has 1 atom stereocenters. The zero-order valence-electron chi connectivity index (χ0n) is 16.6. The number of benzene rings is 1. The third-order valence-electron chi connectivity index (χ3n) is 4.25. The first-order valence-electron chi connectivity index (χ1n) is 8.90. The van der Waals surface area contributed by atoms with Crippen LogP contribution in [0, 0.1) is 0 Å². The van der Waals surface area contributed by atoms with Gasteiger partial charge in [0.05, 0.1) is 28.8 Å². The SMILES string of the molecule is CCNC(=NCC(c1cnn(C)c1)N(C)C)N(C)Cc1ccc(Cl)c(Cl)c1. The van der Waals surface area contributed by atoms with Crippen LogP contribution in [0.25, 0.3) is 0 Å². The Morgan fingerprint density at radius 2 is 2.00 bits per heavy atom. The van der Waals surface area contributed by atoms with E-state index >= 15 is 0 Å². The standard InChI is InChI=1S/C19H28Cl2N6/c1-6-22-19(26(4)12-14-7-8-16(20)17(21)9-14)23-11-18(25(2)3)15-10-24-27(5)13-15/h7-10,13,18H,6,11-12H2,1-5H3,(H,22,23). The molecular formula is C19H28Cl2N6. The summed E-state index contributed by atoms with van der Waals surface area (Å²) in [6, 6.07) is 5.85. The van der Waals surface area contributed by atoms with Crippen LogP contribution in [0.15, 0.2) is 35.6 Å². The van der Waals surface area contributed by atoms with Crippen LogP contribution >= 0.6 is 23.2 Å². The van der Waals surface area contributed by atoms with Crippen molar-refractivity contribution < 1.29 is 0 Å². The molecule has 0 aliphatic rings. The van der Waals surface area contributed by atoms with E-state index in [0.717, 1.165) is 23.6 Å². The van der Waals surface area contributed by atoms with Gasteiger partial charge in [-0.1, -0.05) is 29.3 Å². The van der Waals surface area contributed by atoms with E-state index in [2.05, 4.69) is 41.2 Å². The molecule has 1 aromatic heterocycles. The molecule has 8 heteroatoms. The average molecular weight is 411 g/mol. The number of rotatable bonds is 7. The number of aliphatic imine (C=N–C) groups is 1. The Kier molecular flexibility index (Phi) is 7.95. The summed E-state index contributed by atoms with van der Waals surface area (Å²) in [6.07, 6.45) is 3.93. The van der Waals surface area contributed by atoms with E-state index in [0.29, 0.717) is 23.1 Å². The first kappa shape index (κ1) is 21.5. The van der Waals surface area contributed by atoms with Crippen LogP contribution in [0.5, 0.6) is 0 Å². The summed E-state index contributed by atoms with van der Waals surface area (Å²) in [6.45, 7) is 4.17. The lowest BCUT2D eigenvalue weighted by atomic mass is 10.1. The molecule has 148 valence electrons. The number of likely N-dealkylation sites (N-methyl/N-ethyl adjacent to an activating group) is 1. The Labute approximate surface area is 171 Å². The molecule has 0 spiro atoms. The molecule has 27 heavy (non-hydrogen) atoms. The predicted octanol–water partition coefficient (Wildman–Crippen LogP) is 3.43. The van der Waals surface area contributed by atoms with Crippen LogP contribution in [-0.2, 0) is 13.6 Å². The van der Waals surface area contributed by atoms with Crippen LogP contribution in [0.2, 0.25) is 10.0 Å². The van der Waals surface area contributed by atoms with Crippen molar-refractivity contribution in [1.29, 1.82) is 0 Å². The second kappa shape index (κ2) is 9.97. The number of aromatic nitrogens is 2. The molecule has 0 radical (unpaired) electrons. The maximum atomic E-state index is 6.14. The Hall–Kier alpha value is -1.76. The number of nitrogens with zero attached hydrogens (tertiary/aromatic N) is 5. The zero-order chi connectivity index (χ0) is 20.0. The van der Waals surface area contributed by atoms with Crippen molar-refractivity contribution in [2.24, 2.45) is 12.0 Å². The van der Waals surface area contributed by atoms with Crippen molar-refractivity contribution in [3.63, 3.8) is 0 Å². The average Bonchev–Trinajstić information content (AvgIpc) is 3.03. The van der Waals surface area contributed by atoms with E-state index < -0.39 is 0 Å². The Bertz CT molecular complexity index is 771. The highest BCUT2D eigenvalue weighted by Crippen LogP contribution is 2.23. The maximum absolute atomic E-state index is 6.14. The molecule has 0 aliphatic carbocycles. The first-order valence-corrected chi connectivity index (χ1v) is 9.65. The van der Waals surface area contributed by atoms with Gasteiger partial charge in [-0.25, -0.2) is 0 Å². The lowest BCUT2D eigenvalue weighted by Gasteiger charge is -2.25. The highest BCUT2D eigenvalue weighted by Gasteiger charge is 2.16. The summed E-state index contributed by atoms with van der Waals surface area (Å²) in [5, 5.41) is 8.77. The minimum atomic E-state index is 0.158. The van der Waals surface area contributed by atoms with Gasteiger partial charge in [-0.2, -0.15) is 5.10 Å². The molecule has 2 aromatic rings. The highest BCUT2D eigenvalue weighted by atomic mass is 35.5. The first-order chi connectivity index (χ1) is 12.8. The Morgan fingerprint density at radius 3 is 2.56 bits per heavy atom. The van der Waals surface area contributed by atoms with Crippen LogP contribution in [-0.4, -0.2) is 59.8 Å². The number of aryl methyl sites for hydroxylation is 1. The third kappa shape index (κ3) is 6.13. The van der Waals surface area contributed by atoms with E-state index in [1.807, 2.05) is 49.4 Å². The second-order valence-electron chi connectivity index (χ2n) is 6.73. The molecule has 0 amide bonds. The van der Waals surface area contributed by atoms with E-state index in [1.54, 1.807) is 0 Å². The van der Waals surface area contributed by atoms with E-state index in [4.69, 9.17) is 28.2 Å². The van der Waals surface area contributed by atoms with E-state index in [-0.39, 0.29) is 6.04 Å². The van der Waals surface area contributed by atoms with Crippen LogP contribution < -0.4 is 5.32 Å². The summed E-state index contributed by atoms with van der Waals surface area (Å²) >= 11 is 12.1. The maximum Gasteiger partial charge on any atom is 0.194 e. The van der Waals surface area contributed by atoms with Crippen LogP contribution in [0.1, 0.15) is 24.1 Å². The predicted molar refractivity (Wildman–Crippen MR) is 114 cm³/mol. The smallest absolute Gasteiger partial charge is 0.194 e. The van der Waals surface area contributed by atoms with E-state index in [1.165, 1.54) is 0 Å². The van der Waals surface area contributed by atoms with Gasteiger partial charge in [-0.15, -0.1) is 0 Å². The van der Waals surface area contributed by atoms with Gasteiger partial charge in [0.15, 0.2) is 5.96 Å². The summed E-state index contributed by atoms with van der Waals surface area (Å²) in [7, 11) is 8.05. The molecule has 0 saturated carbocycles. The normalized spacial score (nSPS) is 13.1. The van der Waals surface area contributed by atoms with Gasteiger partial charge in [0.25, 0.3) is 0 Å². The number of halogens is 2. The quantitative estimate of drug-likeness (QED) is 0.560. The van der Waals surface area contributed by atoms with E-state index in [9.17, 15) is 0 Å². The third-order valence-corrected chi connectivity index (χ3v) is 4.99. The molecule has 1 heterocycles. The van der Waals surface area contributed by atoms with Crippen molar-refractivity contribution >= 4 is 29.2 Å². The Morgan fingerprint density at radius 1 is 1.26 bits per heavy atom. The molecule has 1 unspecified atom stereocenters. The summed E-state index contributed by atoms with van der Waals surface area (Å²) in [5.74, 6) is 0.847. The zero-order valence-corrected chi connectivity index (χ0v) is 18.1. The number of nitrogens with one attached hydrogen (secondary N) is 1. The topological polar surface area (TPSA) is 48.7 Å².